The molecule has 156 valence electrons. The van der Waals surface area contributed by atoms with Gasteiger partial charge in [0.05, 0.1) is 0 Å². The van der Waals surface area contributed by atoms with Crippen LogP contribution in [0.3, 0.4) is 0 Å². The Morgan fingerprint density at radius 1 is 0.692 bits per heavy atom. The predicted octanol–water partition coefficient (Wildman–Crippen LogP) is 6.79. The zero-order valence-corrected chi connectivity index (χ0v) is 19.9. The van der Waals surface area contributed by atoms with Crippen molar-refractivity contribution in [2.45, 2.75) is 102 Å². The topological polar surface area (TPSA) is 32.3 Å². The van der Waals surface area contributed by atoms with E-state index in [4.69, 9.17) is 0 Å². The second kappa shape index (κ2) is 8.67. The Labute approximate surface area is 165 Å². The molecule has 0 radical (unpaired) electrons. The Bertz CT molecular complexity index is 449. The molecule has 0 unspecified atom stereocenters. The first kappa shape index (κ1) is 25.5. The highest BCUT2D eigenvalue weighted by molar-refractivity contribution is 4.99. The largest absolute Gasteiger partial charge is 0.396 e. The molecule has 2 heteroatoms. The number of rotatable bonds is 11. The van der Waals surface area contributed by atoms with E-state index in [-0.39, 0.29) is 22.9 Å². The number of hydrogen-bond donors (Lipinski definition) is 2. The zero-order chi connectivity index (χ0) is 21.0. The van der Waals surface area contributed by atoms with Gasteiger partial charge in [-0.1, -0.05) is 82.7 Å². The Balaban J connectivity index is 4.66. The van der Waals surface area contributed by atoms with E-state index >= 15 is 0 Å². The number of nitrogens with one attached hydrogen (secondary N) is 1. The lowest BCUT2D eigenvalue weighted by atomic mass is 9.67. The molecule has 0 aliphatic rings. The standard InChI is InChI=1S/C24H49NO/c1-19(25-17-23(9,10)16-24(11,12)18-26)13-21(5,6)15-22(7,8)14-20(2,3)4/h25-26H,1,13-18H2,2-12H3. The van der Waals surface area contributed by atoms with Crippen LogP contribution in [-0.2, 0) is 0 Å². The smallest absolute Gasteiger partial charge is 0.0482 e. The van der Waals surface area contributed by atoms with Crippen molar-refractivity contribution in [3.8, 4) is 0 Å². The first-order valence-corrected chi connectivity index (χ1v) is 10.3. The highest BCUT2D eigenvalue weighted by atomic mass is 16.3. The monoisotopic (exact) mass is 367 g/mol. The van der Waals surface area contributed by atoms with Crippen LogP contribution in [0.4, 0.5) is 0 Å². The molecule has 26 heavy (non-hydrogen) atoms. The first-order chi connectivity index (χ1) is 11.3. The van der Waals surface area contributed by atoms with Crippen LogP contribution in [0.1, 0.15) is 102 Å². The molecule has 0 aromatic carbocycles. The minimum absolute atomic E-state index is 0.0389. The molecule has 0 heterocycles. The van der Waals surface area contributed by atoms with Crippen molar-refractivity contribution < 1.29 is 5.11 Å². The van der Waals surface area contributed by atoms with Crippen LogP contribution in [0.25, 0.3) is 0 Å². The van der Waals surface area contributed by atoms with Gasteiger partial charge in [-0.05, 0) is 52.8 Å². The molecule has 0 spiro atoms. The van der Waals surface area contributed by atoms with Crippen molar-refractivity contribution in [1.82, 2.24) is 5.32 Å². The fraction of sp³-hybridized carbons (Fsp3) is 0.917. The van der Waals surface area contributed by atoms with E-state index in [2.05, 4.69) is 88.1 Å². The highest BCUT2D eigenvalue weighted by Crippen LogP contribution is 2.43. The lowest BCUT2D eigenvalue weighted by molar-refractivity contribution is 0.102. The summed E-state index contributed by atoms with van der Waals surface area (Å²) in [4.78, 5) is 0. The van der Waals surface area contributed by atoms with E-state index in [9.17, 15) is 5.11 Å². The Hall–Kier alpha value is -0.500. The minimum atomic E-state index is -0.0389. The third-order valence-electron chi connectivity index (χ3n) is 4.86. The van der Waals surface area contributed by atoms with Crippen LogP contribution in [0.2, 0.25) is 0 Å². The summed E-state index contributed by atoms with van der Waals surface area (Å²) in [5.74, 6) is 0. The van der Waals surface area contributed by atoms with Crippen molar-refractivity contribution >= 4 is 0 Å². The molecular formula is C24H49NO. The molecule has 0 bridgehead atoms. The van der Waals surface area contributed by atoms with Gasteiger partial charge >= 0.3 is 0 Å². The summed E-state index contributed by atoms with van der Waals surface area (Å²) >= 11 is 0. The normalized spacial score (nSPS) is 14.5. The average molecular weight is 368 g/mol. The van der Waals surface area contributed by atoms with E-state index in [1.807, 2.05) is 0 Å². The van der Waals surface area contributed by atoms with Crippen LogP contribution in [0, 0.1) is 27.1 Å². The van der Waals surface area contributed by atoms with Gasteiger partial charge < -0.3 is 10.4 Å². The Kier molecular flexibility index (Phi) is 8.51. The SMILES string of the molecule is C=C(CC(C)(C)CC(C)(C)CC(C)(C)C)NCC(C)(C)CC(C)(C)CO. The van der Waals surface area contributed by atoms with Gasteiger partial charge in [-0.15, -0.1) is 0 Å². The van der Waals surface area contributed by atoms with E-state index in [1.165, 1.54) is 12.8 Å². The van der Waals surface area contributed by atoms with Crippen molar-refractivity contribution in [2.24, 2.45) is 27.1 Å². The molecule has 0 aromatic heterocycles. The molecule has 0 amide bonds. The molecular weight excluding hydrogens is 318 g/mol. The minimum Gasteiger partial charge on any atom is -0.396 e. The Morgan fingerprint density at radius 2 is 1.15 bits per heavy atom. The molecule has 0 aromatic rings. The van der Waals surface area contributed by atoms with Gasteiger partial charge in [0.2, 0.25) is 0 Å². The van der Waals surface area contributed by atoms with Gasteiger partial charge in [0.25, 0.3) is 0 Å². The summed E-state index contributed by atoms with van der Waals surface area (Å²) in [5.41, 5.74) is 2.14. The molecule has 0 saturated heterocycles. The maximum atomic E-state index is 9.54. The summed E-state index contributed by atoms with van der Waals surface area (Å²) < 4.78 is 0. The lowest BCUT2D eigenvalue weighted by Crippen LogP contribution is -2.35. The maximum Gasteiger partial charge on any atom is 0.0482 e. The van der Waals surface area contributed by atoms with Crippen molar-refractivity contribution in [3.05, 3.63) is 12.3 Å². The van der Waals surface area contributed by atoms with Crippen molar-refractivity contribution in [3.63, 3.8) is 0 Å². The molecule has 0 saturated carbocycles. The van der Waals surface area contributed by atoms with Gasteiger partial charge in [0.1, 0.15) is 0 Å². The number of aliphatic hydroxyl groups excluding tert-OH is 1. The molecule has 2 N–H and O–H groups in total. The summed E-state index contributed by atoms with van der Waals surface area (Å²) in [5, 5.41) is 13.1. The highest BCUT2D eigenvalue weighted by Gasteiger charge is 2.33. The van der Waals surface area contributed by atoms with Crippen molar-refractivity contribution in [1.29, 1.82) is 0 Å². The van der Waals surface area contributed by atoms with E-state index in [0.717, 1.165) is 25.1 Å². The third kappa shape index (κ3) is 12.0. The summed E-state index contributed by atoms with van der Waals surface area (Å²) in [6, 6.07) is 0. The van der Waals surface area contributed by atoms with Crippen LogP contribution >= 0.6 is 0 Å². The number of allylic oxidation sites excluding steroid dienone is 1. The number of aliphatic hydroxyl groups is 1. The lowest BCUT2D eigenvalue weighted by Gasteiger charge is -2.40. The van der Waals surface area contributed by atoms with Gasteiger partial charge in [-0.25, -0.2) is 0 Å². The zero-order valence-electron chi connectivity index (χ0n) is 19.9. The van der Waals surface area contributed by atoms with Gasteiger partial charge in [0.15, 0.2) is 0 Å². The van der Waals surface area contributed by atoms with Crippen LogP contribution in [-0.4, -0.2) is 18.3 Å². The molecule has 0 rings (SSSR count). The van der Waals surface area contributed by atoms with Gasteiger partial charge in [0, 0.05) is 18.8 Å². The van der Waals surface area contributed by atoms with Crippen LogP contribution < -0.4 is 5.32 Å². The third-order valence-corrected chi connectivity index (χ3v) is 4.86. The van der Waals surface area contributed by atoms with E-state index in [0.29, 0.717) is 10.8 Å². The van der Waals surface area contributed by atoms with Crippen LogP contribution in [0.15, 0.2) is 12.3 Å². The average Bonchev–Trinajstić information content (AvgIpc) is 2.30. The number of hydrogen-bond acceptors (Lipinski definition) is 2. The quantitative estimate of drug-likeness (QED) is 0.421. The second-order valence-electron chi connectivity index (χ2n) is 13.0. The fourth-order valence-electron chi connectivity index (χ4n) is 5.27. The predicted molar refractivity (Wildman–Crippen MR) is 117 cm³/mol. The molecule has 0 aliphatic heterocycles. The van der Waals surface area contributed by atoms with Gasteiger partial charge in [-0.3, -0.25) is 0 Å². The van der Waals surface area contributed by atoms with E-state index < -0.39 is 0 Å². The maximum absolute atomic E-state index is 9.54. The first-order valence-electron chi connectivity index (χ1n) is 10.3. The Morgan fingerprint density at radius 3 is 1.58 bits per heavy atom. The van der Waals surface area contributed by atoms with Crippen molar-refractivity contribution in [2.75, 3.05) is 13.2 Å². The summed E-state index contributed by atoms with van der Waals surface area (Å²) in [6.45, 7) is 30.7. The van der Waals surface area contributed by atoms with E-state index in [1.54, 1.807) is 0 Å². The molecule has 0 aliphatic carbocycles. The molecule has 0 atom stereocenters. The molecule has 2 nitrogen and oxygen atoms in total. The summed E-state index contributed by atoms with van der Waals surface area (Å²) in [6.07, 6.45) is 4.41. The second-order valence-corrected chi connectivity index (χ2v) is 13.0. The van der Waals surface area contributed by atoms with Crippen LogP contribution in [0.5, 0.6) is 0 Å². The van der Waals surface area contributed by atoms with Gasteiger partial charge in [-0.2, -0.15) is 0 Å². The summed E-state index contributed by atoms with van der Waals surface area (Å²) in [7, 11) is 0. The molecule has 0 fully saturated rings. The fourth-order valence-corrected chi connectivity index (χ4v) is 5.27.